The summed E-state index contributed by atoms with van der Waals surface area (Å²) >= 11 is 0. The van der Waals surface area contributed by atoms with Gasteiger partial charge in [0.1, 0.15) is 11.6 Å². The molecule has 5 nitrogen and oxygen atoms in total. The second kappa shape index (κ2) is 5.94. The molecule has 0 radical (unpaired) electrons. The number of methoxy groups -OCH3 is 1. The Bertz CT molecular complexity index is 562. The van der Waals surface area contributed by atoms with Crippen LogP contribution in [0.4, 0.5) is 5.69 Å². The van der Waals surface area contributed by atoms with Crippen LogP contribution in [0.15, 0.2) is 24.3 Å². The van der Waals surface area contributed by atoms with Crippen molar-refractivity contribution in [1.82, 2.24) is 14.8 Å². The van der Waals surface area contributed by atoms with Crippen LogP contribution in [-0.4, -0.2) is 21.9 Å². The molecule has 106 valence electrons. The minimum atomic E-state index is 0.708. The summed E-state index contributed by atoms with van der Waals surface area (Å²) in [6.45, 7) is 1.75. The van der Waals surface area contributed by atoms with E-state index < -0.39 is 0 Å². The normalized spacial score (nSPS) is 14.4. The molecule has 3 rings (SSSR count). The molecule has 0 atom stereocenters. The third-order valence-corrected chi connectivity index (χ3v) is 3.73. The molecule has 0 saturated heterocycles. The number of anilines is 1. The van der Waals surface area contributed by atoms with Crippen LogP contribution in [0.3, 0.4) is 0 Å². The van der Waals surface area contributed by atoms with E-state index in [0.717, 1.165) is 36.1 Å². The first-order valence-electron chi connectivity index (χ1n) is 7.16. The van der Waals surface area contributed by atoms with Crippen molar-refractivity contribution < 1.29 is 4.74 Å². The predicted octanol–water partition coefficient (Wildman–Crippen LogP) is 2.63. The van der Waals surface area contributed by atoms with E-state index in [1.54, 1.807) is 7.11 Å². The second-order valence-electron chi connectivity index (χ2n) is 5.08. The van der Waals surface area contributed by atoms with Crippen LogP contribution in [0.2, 0.25) is 0 Å². The van der Waals surface area contributed by atoms with Crippen molar-refractivity contribution in [1.29, 1.82) is 0 Å². The third-order valence-electron chi connectivity index (χ3n) is 3.73. The van der Waals surface area contributed by atoms with E-state index in [1.165, 1.54) is 19.3 Å². The number of rotatable bonds is 4. The maximum absolute atomic E-state index is 5.15. The van der Waals surface area contributed by atoms with Gasteiger partial charge in [0, 0.05) is 18.7 Å². The Kier molecular flexibility index (Phi) is 3.85. The second-order valence-corrected chi connectivity index (χ2v) is 5.08. The van der Waals surface area contributed by atoms with E-state index in [0.29, 0.717) is 6.54 Å². The van der Waals surface area contributed by atoms with Gasteiger partial charge in [0.05, 0.1) is 13.7 Å². The number of benzene rings is 1. The van der Waals surface area contributed by atoms with E-state index in [1.807, 2.05) is 24.3 Å². The molecule has 1 aliphatic heterocycles. The van der Waals surface area contributed by atoms with Crippen molar-refractivity contribution in [3.05, 3.63) is 35.9 Å². The number of ether oxygens (including phenoxy) is 1. The first-order valence-corrected chi connectivity index (χ1v) is 7.16. The maximum Gasteiger partial charge on any atom is 0.152 e. The number of aryl methyl sites for hydroxylation is 1. The Morgan fingerprint density at radius 1 is 1.15 bits per heavy atom. The van der Waals surface area contributed by atoms with Crippen LogP contribution in [0.25, 0.3) is 0 Å². The Hall–Kier alpha value is -2.04. The Labute approximate surface area is 119 Å². The maximum atomic E-state index is 5.15. The highest BCUT2D eigenvalue weighted by atomic mass is 16.5. The molecule has 1 aromatic heterocycles. The molecular formula is C15H20N4O. The van der Waals surface area contributed by atoms with Crippen molar-refractivity contribution in [3.8, 4) is 5.75 Å². The zero-order valence-corrected chi connectivity index (χ0v) is 11.8. The van der Waals surface area contributed by atoms with Gasteiger partial charge in [-0.15, -0.1) is 10.2 Å². The van der Waals surface area contributed by atoms with Gasteiger partial charge in [0.25, 0.3) is 0 Å². The Balaban J connectivity index is 1.67. The lowest BCUT2D eigenvalue weighted by Crippen LogP contribution is -2.10. The van der Waals surface area contributed by atoms with Gasteiger partial charge in [-0.3, -0.25) is 0 Å². The molecule has 0 amide bonds. The quantitative estimate of drug-likeness (QED) is 0.929. The lowest BCUT2D eigenvalue weighted by atomic mass is 10.2. The number of nitrogens with zero attached hydrogens (tertiary/aromatic N) is 3. The molecule has 20 heavy (non-hydrogen) atoms. The van der Waals surface area contributed by atoms with Gasteiger partial charge in [-0.05, 0) is 37.1 Å². The standard InChI is InChI=1S/C15H20N4O/c1-20-13-8-6-12(7-9-13)16-11-15-18-17-14-5-3-2-4-10-19(14)15/h6-9,16H,2-5,10-11H2,1H3. The van der Waals surface area contributed by atoms with Gasteiger partial charge in [-0.2, -0.15) is 0 Å². The smallest absolute Gasteiger partial charge is 0.152 e. The van der Waals surface area contributed by atoms with Gasteiger partial charge < -0.3 is 14.6 Å². The molecule has 0 fully saturated rings. The average Bonchev–Trinajstić information content (AvgIpc) is 2.72. The largest absolute Gasteiger partial charge is 0.497 e. The van der Waals surface area contributed by atoms with Gasteiger partial charge >= 0.3 is 0 Å². The van der Waals surface area contributed by atoms with Crippen molar-refractivity contribution in [2.24, 2.45) is 0 Å². The first kappa shape index (κ1) is 13.0. The predicted molar refractivity (Wildman–Crippen MR) is 77.9 cm³/mol. The number of hydrogen-bond donors (Lipinski definition) is 1. The fraction of sp³-hybridized carbons (Fsp3) is 0.467. The Morgan fingerprint density at radius 2 is 2.00 bits per heavy atom. The topological polar surface area (TPSA) is 52.0 Å². The number of nitrogens with one attached hydrogen (secondary N) is 1. The molecule has 2 aromatic rings. The molecule has 1 aromatic carbocycles. The van der Waals surface area contributed by atoms with Crippen molar-refractivity contribution >= 4 is 5.69 Å². The molecule has 0 saturated carbocycles. The molecule has 1 aliphatic rings. The zero-order valence-electron chi connectivity index (χ0n) is 11.8. The number of aromatic nitrogens is 3. The summed E-state index contributed by atoms with van der Waals surface area (Å²) in [5.41, 5.74) is 1.07. The van der Waals surface area contributed by atoms with Crippen LogP contribution in [0.1, 0.15) is 30.9 Å². The summed E-state index contributed by atoms with van der Waals surface area (Å²) in [5.74, 6) is 3.03. The summed E-state index contributed by atoms with van der Waals surface area (Å²) in [6, 6.07) is 7.93. The highest BCUT2D eigenvalue weighted by Crippen LogP contribution is 2.17. The third kappa shape index (κ3) is 2.76. The van der Waals surface area contributed by atoms with Gasteiger partial charge in [0.2, 0.25) is 0 Å². The summed E-state index contributed by atoms with van der Waals surface area (Å²) in [4.78, 5) is 0. The van der Waals surface area contributed by atoms with Crippen LogP contribution < -0.4 is 10.1 Å². The summed E-state index contributed by atoms with van der Waals surface area (Å²) in [5, 5.41) is 12.0. The van der Waals surface area contributed by atoms with Gasteiger partial charge in [-0.1, -0.05) is 6.42 Å². The molecule has 0 unspecified atom stereocenters. The first-order chi connectivity index (χ1) is 9.86. The molecule has 5 heteroatoms. The highest BCUT2D eigenvalue weighted by Gasteiger charge is 2.14. The minimum Gasteiger partial charge on any atom is -0.497 e. The van der Waals surface area contributed by atoms with E-state index in [-0.39, 0.29) is 0 Å². The van der Waals surface area contributed by atoms with Crippen molar-refractivity contribution in [2.45, 2.75) is 38.8 Å². The minimum absolute atomic E-state index is 0.708. The molecule has 0 aliphatic carbocycles. The number of fused-ring (bicyclic) bond motifs is 1. The van der Waals surface area contributed by atoms with E-state index in [2.05, 4.69) is 20.1 Å². The van der Waals surface area contributed by atoms with Crippen molar-refractivity contribution in [2.75, 3.05) is 12.4 Å². The molecule has 0 bridgehead atoms. The fourth-order valence-electron chi connectivity index (χ4n) is 2.57. The summed E-state index contributed by atoms with van der Waals surface area (Å²) in [6.07, 6.45) is 4.79. The van der Waals surface area contributed by atoms with Crippen LogP contribution >= 0.6 is 0 Å². The summed E-state index contributed by atoms with van der Waals surface area (Å²) in [7, 11) is 1.67. The molecule has 2 heterocycles. The van der Waals surface area contributed by atoms with Crippen LogP contribution in [0, 0.1) is 0 Å². The Morgan fingerprint density at radius 3 is 2.80 bits per heavy atom. The number of hydrogen-bond acceptors (Lipinski definition) is 4. The van der Waals surface area contributed by atoms with E-state index in [9.17, 15) is 0 Å². The van der Waals surface area contributed by atoms with Gasteiger partial charge in [0.15, 0.2) is 5.82 Å². The monoisotopic (exact) mass is 272 g/mol. The van der Waals surface area contributed by atoms with Crippen molar-refractivity contribution in [3.63, 3.8) is 0 Å². The van der Waals surface area contributed by atoms with Crippen LogP contribution in [0.5, 0.6) is 5.75 Å². The molecular weight excluding hydrogens is 252 g/mol. The van der Waals surface area contributed by atoms with Crippen LogP contribution in [-0.2, 0) is 19.5 Å². The summed E-state index contributed by atoms with van der Waals surface area (Å²) < 4.78 is 7.42. The zero-order chi connectivity index (χ0) is 13.8. The SMILES string of the molecule is COc1ccc(NCc2nnc3n2CCCCC3)cc1. The molecule has 0 spiro atoms. The fourth-order valence-corrected chi connectivity index (χ4v) is 2.57. The van der Waals surface area contributed by atoms with E-state index in [4.69, 9.17) is 4.74 Å². The van der Waals surface area contributed by atoms with E-state index >= 15 is 0 Å². The lowest BCUT2D eigenvalue weighted by molar-refractivity contribution is 0.415. The average molecular weight is 272 g/mol. The molecule has 1 N–H and O–H groups in total. The van der Waals surface area contributed by atoms with Gasteiger partial charge in [-0.25, -0.2) is 0 Å². The highest BCUT2D eigenvalue weighted by molar-refractivity contribution is 5.46. The lowest BCUT2D eigenvalue weighted by Gasteiger charge is -2.09.